The maximum absolute atomic E-state index is 5.84. The van der Waals surface area contributed by atoms with Crippen molar-refractivity contribution in [3.05, 3.63) is 23.9 Å². The van der Waals surface area contributed by atoms with Crippen LogP contribution < -0.4 is 5.73 Å². The molecule has 1 fully saturated rings. The molecule has 1 aromatic heterocycles. The van der Waals surface area contributed by atoms with E-state index in [1.807, 2.05) is 23.9 Å². The highest BCUT2D eigenvalue weighted by Gasteiger charge is 2.21. The lowest BCUT2D eigenvalue weighted by atomic mass is 9.86. The second kappa shape index (κ2) is 4.06. The van der Waals surface area contributed by atoms with Crippen molar-refractivity contribution in [2.45, 2.75) is 38.0 Å². The molecule has 0 spiro atoms. The SMILES string of the molecule is Cn1nc(C2CCCCC2)c2ccc(N)cc21. The molecule has 3 nitrogen and oxygen atoms in total. The van der Waals surface area contributed by atoms with Gasteiger partial charge in [0.1, 0.15) is 0 Å². The summed E-state index contributed by atoms with van der Waals surface area (Å²) in [5, 5.41) is 6.00. The molecule has 17 heavy (non-hydrogen) atoms. The Labute approximate surface area is 102 Å². The zero-order valence-electron chi connectivity index (χ0n) is 10.3. The Morgan fingerprint density at radius 2 is 2.00 bits per heavy atom. The van der Waals surface area contributed by atoms with Crippen LogP contribution >= 0.6 is 0 Å². The van der Waals surface area contributed by atoms with Crippen molar-refractivity contribution in [3.63, 3.8) is 0 Å². The summed E-state index contributed by atoms with van der Waals surface area (Å²) >= 11 is 0. The van der Waals surface area contributed by atoms with E-state index in [9.17, 15) is 0 Å². The Balaban J connectivity index is 2.10. The van der Waals surface area contributed by atoms with Gasteiger partial charge in [-0.15, -0.1) is 0 Å². The fraction of sp³-hybridized carbons (Fsp3) is 0.500. The van der Waals surface area contributed by atoms with E-state index in [1.165, 1.54) is 43.2 Å². The second-order valence-corrected chi connectivity index (χ2v) is 5.12. The van der Waals surface area contributed by atoms with Gasteiger partial charge in [-0.1, -0.05) is 19.3 Å². The average Bonchev–Trinajstić information content (AvgIpc) is 2.68. The zero-order chi connectivity index (χ0) is 11.8. The van der Waals surface area contributed by atoms with Crippen LogP contribution in [0.1, 0.15) is 43.7 Å². The lowest BCUT2D eigenvalue weighted by Crippen LogP contribution is -2.06. The summed E-state index contributed by atoms with van der Waals surface area (Å²) in [5.41, 5.74) is 9.09. The third kappa shape index (κ3) is 1.79. The molecule has 1 aromatic carbocycles. The van der Waals surface area contributed by atoms with Crippen LogP contribution in [0.3, 0.4) is 0 Å². The van der Waals surface area contributed by atoms with Crippen molar-refractivity contribution in [2.24, 2.45) is 7.05 Å². The van der Waals surface area contributed by atoms with E-state index < -0.39 is 0 Å². The molecular weight excluding hydrogens is 210 g/mol. The summed E-state index contributed by atoms with van der Waals surface area (Å²) < 4.78 is 1.97. The Kier molecular flexibility index (Phi) is 2.54. The average molecular weight is 229 g/mol. The van der Waals surface area contributed by atoms with Crippen LogP contribution in [0.25, 0.3) is 10.9 Å². The highest BCUT2D eigenvalue weighted by atomic mass is 15.3. The fourth-order valence-corrected chi connectivity index (χ4v) is 2.98. The van der Waals surface area contributed by atoms with Crippen molar-refractivity contribution in [2.75, 3.05) is 5.73 Å². The molecular formula is C14H19N3. The topological polar surface area (TPSA) is 43.8 Å². The first-order valence-electron chi connectivity index (χ1n) is 6.48. The van der Waals surface area contributed by atoms with Crippen molar-refractivity contribution >= 4 is 16.6 Å². The molecule has 0 atom stereocenters. The highest BCUT2D eigenvalue weighted by Crippen LogP contribution is 2.35. The minimum atomic E-state index is 0.649. The van der Waals surface area contributed by atoms with Gasteiger partial charge >= 0.3 is 0 Å². The number of rotatable bonds is 1. The first kappa shape index (κ1) is 10.6. The molecule has 0 amide bonds. The number of benzene rings is 1. The van der Waals surface area contributed by atoms with Crippen molar-refractivity contribution in [1.82, 2.24) is 9.78 Å². The van der Waals surface area contributed by atoms with Crippen LogP contribution in [-0.2, 0) is 7.05 Å². The Hall–Kier alpha value is -1.51. The van der Waals surface area contributed by atoms with Gasteiger partial charge < -0.3 is 5.73 Å². The van der Waals surface area contributed by atoms with Crippen LogP contribution in [0.5, 0.6) is 0 Å². The molecule has 1 saturated carbocycles. The molecule has 1 aliphatic rings. The number of aromatic nitrogens is 2. The van der Waals surface area contributed by atoms with E-state index in [-0.39, 0.29) is 0 Å². The fourth-order valence-electron chi connectivity index (χ4n) is 2.98. The van der Waals surface area contributed by atoms with Crippen LogP contribution in [0, 0.1) is 0 Å². The second-order valence-electron chi connectivity index (χ2n) is 5.12. The number of nitrogens with two attached hydrogens (primary N) is 1. The largest absolute Gasteiger partial charge is 0.399 e. The third-order valence-electron chi connectivity index (χ3n) is 3.90. The van der Waals surface area contributed by atoms with Crippen LogP contribution in [0.4, 0.5) is 5.69 Å². The number of aryl methyl sites for hydroxylation is 1. The van der Waals surface area contributed by atoms with Crippen molar-refractivity contribution < 1.29 is 0 Å². The quantitative estimate of drug-likeness (QED) is 0.763. The van der Waals surface area contributed by atoms with E-state index >= 15 is 0 Å². The molecule has 3 heteroatoms. The molecule has 0 aliphatic heterocycles. The molecule has 1 heterocycles. The smallest absolute Gasteiger partial charge is 0.0734 e. The third-order valence-corrected chi connectivity index (χ3v) is 3.90. The number of fused-ring (bicyclic) bond motifs is 1. The minimum absolute atomic E-state index is 0.649. The van der Waals surface area contributed by atoms with Gasteiger partial charge in [0.15, 0.2) is 0 Å². The normalized spacial score (nSPS) is 17.7. The summed E-state index contributed by atoms with van der Waals surface area (Å²) in [6.07, 6.45) is 6.65. The molecule has 0 unspecified atom stereocenters. The van der Waals surface area contributed by atoms with Crippen molar-refractivity contribution in [3.8, 4) is 0 Å². The molecule has 0 bridgehead atoms. The van der Waals surface area contributed by atoms with Gasteiger partial charge in [-0.3, -0.25) is 4.68 Å². The van der Waals surface area contributed by atoms with E-state index in [4.69, 9.17) is 10.8 Å². The molecule has 2 aromatic rings. The first-order valence-corrected chi connectivity index (χ1v) is 6.48. The number of anilines is 1. The maximum atomic E-state index is 5.84. The Morgan fingerprint density at radius 3 is 2.76 bits per heavy atom. The molecule has 3 rings (SSSR count). The standard InChI is InChI=1S/C14H19N3/c1-17-13-9-11(15)7-8-12(13)14(16-17)10-5-3-2-4-6-10/h7-10H,2-6,15H2,1H3. The van der Waals surface area contributed by atoms with Crippen LogP contribution in [-0.4, -0.2) is 9.78 Å². The predicted molar refractivity (Wildman–Crippen MR) is 71.0 cm³/mol. The van der Waals surface area contributed by atoms with Gasteiger partial charge in [-0.25, -0.2) is 0 Å². The van der Waals surface area contributed by atoms with E-state index in [1.54, 1.807) is 0 Å². The molecule has 2 N–H and O–H groups in total. The zero-order valence-corrected chi connectivity index (χ0v) is 10.3. The van der Waals surface area contributed by atoms with Crippen LogP contribution in [0.15, 0.2) is 18.2 Å². The Morgan fingerprint density at radius 1 is 1.24 bits per heavy atom. The van der Waals surface area contributed by atoms with Gasteiger partial charge in [-0.2, -0.15) is 5.10 Å². The summed E-state index contributed by atoms with van der Waals surface area (Å²) in [7, 11) is 2.01. The molecule has 0 saturated heterocycles. The number of hydrogen-bond donors (Lipinski definition) is 1. The maximum Gasteiger partial charge on any atom is 0.0734 e. The lowest BCUT2D eigenvalue weighted by molar-refractivity contribution is 0.435. The summed E-state index contributed by atoms with van der Waals surface area (Å²) in [6, 6.07) is 6.13. The van der Waals surface area contributed by atoms with Crippen molar-refractivity contribution in [1.29, 1.82) is 0 Å². The molecule has 90 valence electrons. The van der Waals surface area contributed by atoms with Gasteiger partial charge in [0.2, 0.25) is 0 Å². The summed E-state index contributed by atoms with van der Waals surface area (Å²) in [4.78, 5) is 0. The van der Waals surface area contributed by atoms with Gasteiger partial charge in [0, 0.05) is 24.0 Å². The number of hydrogen-bond acceptors (Lipinski definition) is 2. The van der Waals surface area contributed by atoms with E-state index in [0.717, 1.165) is 11.2 Å². The van der Waals surface area contributed by atoms with E-state index in [0.29, 0.717) is 5.92 Å². The summed E-state index contributed by atoms with van der Waals surface area (Å²) in [5.74, 6) is 0.649. The van der Waals surface area contributed by atoms with Gasteiger partial charge in [-0.05, 0) is 31.0 Å². The predicted octanol–water partition coefficient (Wildman–Crippen LogP) is 3.20. The minimum Gasteiger partial charge on any atom is -0.399 e. The number of nitrogen functional groups attached to an aromatic ring is 1. The monoisotopic (exact) mass is 229 g/mol. The molecule has 0 radical (unpaired) electrons. The molecule has 1 aliphatic carbocycles. The van der Waals surface area contributed by atoms with Crippen LogP contribution in [0.2, 0.25) is 0 Å². The van der Waals surface area contributed by atoms with E-state index in [2.05, 4.69) is 6.07 Å². The summed E-state index contributed by atoms with van der Waals surface area (Å²) in [6.45, 7) is 0. The highest BCUT2D eigenvalue weighted by molar-refractivity contribution is 5.85. The van der Waals surface area contributed by atoms with Gasteiger partial charge in [0.25, 0.3) is 0 Å². The van der Waals surface area contributed by atoms with Gasteiger partial charge in [0.05, 0.1) is 11.2 Å². The first-order chi connectivity index (χ1) is 8.25. The lowest BCUT2D eigenvalue weighted by Gasteiger charge is -2.19. The number of nitrogens with zero attached hydrogens (tertiary/aromatic N) is 2. The Bertz CT molecular complexity index is 536.